The van der Waals surface area contributed by atoms with Crippen molar-refractivity contribution in [3.8, 4) is 0 Å². The maximum absolute atomic E-state index is 4.50. The number of benzene rings is 1. The molecule has 0 fully saturated rings. The van der Waals surface area contributed by atoms with Gasteiger partial charge in [0.05, 0.1) is 0 Å². The van der Waals surface area contributed by atoms with Gasteiger partial charge in [0.15, 0.2) is 5.17 Å². The first-order valence-electron chi connectivity index (χ1n) is 5.39. The predicted molar refractivity (Wildman–Crippen MR) is 74.9 cm³/mol. The maximum Gasteiger partial charge on any atom is 0.156 e. The highest BCUT2D eigenvalue weighted by molar-refractivity contribution is 9.10. The lowest BCUT2D eigenvalue weighted by Crippen LogP contribution is -2.25. The standard InChI is InChI=1S/C12H15BrN2S/c1-9-6-14-12(16-8-9)15-7-10-2-4-11(13)5-3-10/h2-5,9H,6-8H2,1H3,(H,14,15). The second-order valence-corrected chi connectivity index (χ2v) is 5.97. The number of rotatable bonds is 2. The Kier molecular flexibility index (Phi) is 4.29. The Morgan fingerprint density at radius 3 is 2.81 bits per heavy atom. The summed E-state index contributed by atoms with van der Waals surface area (Å²) in [7, 11) is 0. The molecule has 86 valence electrons. The minimum absolute atomic E-state index is 0.711. The molecule has 1 aliphatic rings. The molecular formula is C12H15BrN2S. The van der Waals surface area contributed by atoms with E-state index in [1.165, 1.54) is 11.3 Å². The summed E-state index contributed by atoms with van der Waals surface area (Å²) < 4.78 is 1.12. The van der Waals surface area contributed by atoms with Crippen molar-refractivity contribution < 1.29 is 0 Å². The number of halogens is 1. The average Bonchev–Trinajstić information content (AvgIpc) is 2.30. The molecule has 0 aliphatic carbocycles. The Labute approximate surface area is 109 Å². The van der Waals surface area contributed by atoms with Gasteiger partial charge in [-0.25, -0.2) is 0 Å². The van der Waals surface area contributed by atoms with Crippen LogP contribution >= 0.6 is 27.7 Å². The molecular weight excluding hydrogens is 284 g/mol. The normalized spacial score (nSPS) is 20.4. The van der Waals surface area contributed by atoms with E-state index in [2.05, 4.69) is 57.4 Å². The summed E-state index contributed by atoms with van der Waals surface area (Å²) in [6.45, 7) is 4.05. The van der Waals surface area contributed by atoms with Gasteiger partial charge in [0.1, 0.15) is 0 Å². The van der Waals surface area contributed by atoms with Gasteiger partial charge in [0.25, 0.3) is 0 Å². The summed E-state index contributed by atoms with van der Waals surface area (Å²) in [5, 5.41) is 4.46. The van der Waals surface area contributed by atoms with Gasteiger partial charge in [0, 0.05) is 23.3 Å². The molecule has 1 aromatic carbocycles. The molecule has 0 saturated carbocycles. The Hall–Kier alpha value is -0.480. The molecule has 0 amide bonds. The van der Waals surface area contributed by atoms with Crippen molar-refractivity contribution in [2.24, 2.45) is 10.9 Å². The fraction of sp³-hybridized carbons (Fsp3) is 0.417. The van der Waals surface area contributed by atoms with E-state index in [0.29, 0.717) is 5.92 Å². The Morgan fingerprint density at radius 2 is 2.19 bits per heavy atom. The summed E-state index contributed by atoms with van der Waals surface area (Å²) in [4.78, 5) is 4.50. The third-order valence-corrected chi connectivity index (χ3v) is 4.22. The van der Waals surface area contributed by atoms with Crippen molar-refractivity contribution in [1.82, 2.24) is 5.32 Å². The summed E-state index contributed by atoms with van der Waals surface area (Å²) in [6, 6.07) is 8.37. The SMILES string of the molecule is CC1CN=C(NCc2ccc(Br)cc2)SC1. The minimum Gasteiger partial charge on any atom is -0.361 e. The first kappa shape index (κ1) is 12.0. The van der Waals surface area contributed by atoms with Crippen LogP contribution in [0, 0.1) is 5.92 Å². The monoisotopic (exact) mass is 298 g/mol. The number of amidine groups is 1. The molecule has 1 aromatic rings. The first-order valence-corrected chi connectivity index (χ1v) is 7.17. The smallest absolute Gasteiger partial charge is 0.156 e. The van der Waals surface area contributed by atoms with Gasteiger partial charge < -0.3 is 5.32 Å². The number of nitrogens with zero attached hydrogens (tertiary/aromatic N) is 1. The minimum atomic E-state index is 0.711. The first-order chi connectivity index (χ1) is 7.74. The quantitative estimate of drug-likeness (QED) is 0.906. The number of hydrogen-bond acceptors (Lipinski definition) is 3. The average molecular weight is 299 g/mol. The molecule has 1 atom stereocenters. The Bertz CT molecular complexity index is 375. The van der Waals surface area contributed by atoms with Gasteiger partial charge in [-0.3, -0.25) is 4.99 Å². The zero-order valence-corrected chi connectivity index (χ0v) is 11.6. The van der Waals surface area contributed by atoms with Crippen LogP contribution in [0.25, 0.3) is 0 Å². The van der Waals surface area contributed by atoms with E-state index in [1.807, 2.05) is 11.8 Å². The summed E-state index contributed by atoms with van der Waals surface area (Å²) in [5.41, 5.74) is 1.28. The molecule has 0 aromatic heterocycles. The molecule has 2 rings (SSSR count). The maximum atomic E-state index is 4.50. The van der Waals surface area contributed by atoms with E-state index in [-0.39, 0.29) is 0 Å². The zero-order chi connectivity index (χ0) is 11.4. The zero-order valence-electron chi connectivity index (χ0n) is 9.24. The summed E-state index contributed by atoms with van der Waals surface area (Å²) in [6.07, 6.45) is 0. The molecule has 0 bridgehead atoms. The molecule has 2 nitrogen and oxygen atoms in total. The lowest BCUT2D eigenvalue weighted by molar-refractivity contribution is 0.669. The van der Waals surface area contributed by atoms with Crippen LogP contribution in [0.4, 0.5) is 0 Å². The molecule has 1 aliphatic heterocycles. The van der Waals surface area contributed by atoms with Crippen LogP contribution in [0.5, 0.6) is 0 Å². The van der Waals surface area contributed by atoms with Crippen LogP contribution < -0.4 is 5.32 Å². The van der Waals surface area contributed by atoms with E-state index in [9.17, 15) is 0 Å². The van der Waals surface area contributed by atoms with Gasteiger partial charge in [-0.2, -0.15) is 0 Å². The van der Waals surface area contributed by atoms with Gasteiger partial charge in [0.2, 0.25) is 0 Å². The topological polar surface area (TPSA) is 24.4 Å². The number of nitrogens with one attached hydrogen (secondary N) is 1. The highest BCUT2D eigenvalue weighted by Crippen LogP contribution is 2.16. The van der Waals surface area contributed by atoms with Gasteiger partial charge >= 0.3 is 0 Å². The molecule has 16 heavy (non-hydrogen) atoms. The van der Waals surface area contributed by atoms with Crippen molar-refractivity contribution in [1.29, 1.82) is 0 Å². The van der Waals surface area contributed by atoms with E-state index >= 15 is 0 Å². The van der Waals surface area contributed by atoms with Crippen LogP contribution in [0.1, 0.15) is 12.5 Å². The van der Waals surface area contributed by atoms with Crippen molar-refractivity contribution in [2.75, 3.05) is 12.3 Å². The lowest BCUT2D eigenvalue weighted by Gasteiger charge is -2.17. The molecule has 0 spiro atoms. The number of thioether (sulfide) groups is 1. The van der Waals surface area contributed by atoms with Crippen LogP contribution in [0.2, 0.25) is 0 Å². The Balaban J connectivity index is 1.85. The molecule has 1 heterocycles. The van der Waals surface area contributed by atoms with Gasteiger partial charge in [-0.05, 0) is 23.6 Å². The van der Waals surface area contributed by atoms with Crippen molar-refractivity contribution in [3.05, 3.63) is 34.3 Å². The molecule has 0 radical (unpaired) electrons. The number of hydrogen-bond donors (Lipinski definition) is 1. The molecule has 0 saturated heterocycles. The predicted octanol–water partition coefficient (Wildman–Crippen LogP) is 3.28. The third kappa shape index (κ3) is 3.52. The van der Waals surface area contributed by atoms with E-state index in [4.69, 9.17) is 0 Å². The third-order valence-electron chi connectivity index (χ3n) is 2.41. The lowest BCUT2D eigenvalue weighted by atomic mass is 10.2. The van der Waals surface area contributed by atoms with Crippen LogP contribution in [-0.4, -0.2) is 17.5 Å². The summed E-state index contributed by atoms with van der Waals surface area (Å²) >= 11 is 5.25. The van der Waals surface area contributed by atoms with E-state index < -0.39 is 0 Å². The second kappa shape index (κ2) is 5.73. The van der Waals surface area contributed by atoms with Crippen LogP contribution in [0.3, 0.4) is 0 Å². The molecule has 1 unspecified atom stereocenters. The van der Waals surface area contributed by atoms with E-state index in [1.54, 1.807) is 0 Å². The highest BCUT2D eigenvalue weighted by Gasteiger charge is 2.11. The summed E-state index contributed by atoms with van der Waals surface area (Å²) in [5.74, 6) is 1.88. The van der Waals surface area contributed by atoms with Gasteiger partial charge in [-0.15, -0.1) is 0 Å². The number of aliphatic imine (C=N–C) groups is 1. The second-order valence-electron chi connectivity index (χ2n) is 4.04. The van der Waals surface area contributed by atoms with Gasteiger partial charge in [-0.1, -0.05) is 46.7 Å². The van der Waals surface area contributed by atoms with Crippen molar-refractivity contribution in [3.63, 3.8) is 0 Å². The van der Waals surface area contributed by atoms with Crippen molar-refractivity contribution in [2.45, 2.75) is 13.5 Å². The largest absolute Gasteiger partial charge is 0.361 e. The Morgan fingerprint density at radius 1 is 1.44 bits per heavy atom. The highest BCUT2D eigenvalue weighted by atomic mass is 79.9. The fourth-order valence-corrected chi connectivity index (χ4v) is 2.60. The van der Waals surface area contributed by atoms with E-state index in [0.717, 1.165) is 22.7 Å². The van der Waals surface area contributed by atoms with Crippen LogP contribution in [-0.2, 0) is 6.54 Å². The molecule has 4 heteroatoms. The van der Waals surface area contributed by atoms with Crippen molar-refractivity contribution >= 4 is 32.9 Å². The van der Waals surface area contributed by atoms with Crippen LogP contribution in [0.15, 0.2) is 33.7 Å². The molecule has 1 N–H and O–H groups in total. The fourth-order valence-electron chi connectivity index (χ4n) is 1.45.